The van der Waals surface area contributed by atoms with Crippen molar-refractivity contribution in [2.45, 2.75) is 6.92 Å². The normalized spacial score (nSPS) is 10.8. The van der Waals surface area contributed by atoms with Crippen molar-refractivity contribution in [1.29, 1.82) is 0 Å². The first-order valence-corrected chi connectivity index (χ1v) is 7.96. The second-order valence-electron chi connectivity index (χ2n) is 5.76. The van der Waals surface area contributed by atoms with Gasteiger partial charge in [-0.15, -0.1) is 0 Å². The first-order valence-electron chi connectivity index (χ1n) is 7.96. The van der Waals surface area contributed by atoms with E-state index in [1.807, 2.05) is 25.1 Å². The molecule has 26 heavy (non-hydrogen) atoms. The first kappa shape index (κ1) is 15.9. The lowest BCUT2D eigenvalue weighted by atomic mass is 10.2. The van der Waals surface area contributed by atoms with E-state index in [-0.39, 0.29) is 5.69 Å². The molecule has 0 aliphatic rings. The topological polar surface area (TPSA) is 72.2 Å². The zero-order chi connectivity index (χ0) is 18.1. The molecule has 0 atom stereocenters. The van der Waals surface area contributed by atoms with Crippen molar-refractivity contribution in [2.24, 2.45) is 0 Å². The third-order valence-corrected chi connectivity index (χ3v) is 3.85. The van der Waals surface area contributed by atoms with Gasteiger partial charge in [0.1, 0.15) is 17.2 Å². The standard InChI is InChI=1S/C19H14FN5O/c1-12-9-17(19(26)22-14-6-4-5-13(20)10-14)23-18-11-16(24-25(12)18)15-7-2-3-8-21-15/h2-11H,1H3,(H,22,26). The molecule has 3 heterocycles. The quantitative estimate of drug-likeness (QED) is 0.616. The molecule has 1 aromatic carbocycles. The number of halogens is 1. The summed E-state index contributed by atoms with van der Waals surface area (Å²) in [5.41, 5.74) is 3.28. The van der Waals surface area contributed by atoms with Crippen LogP contribution in [0.2, 0.25) is 0 Å². The second-order valence-corrected chi connectivity index (χ2v) is 5.76. The monoisotopic (exact) mass is 347 g/mol. The van der Waals surface area contributed by atoms with E-state index in [9.17, 15) is 9.18 Å². The molecule has 6 nitrogen and oxygen atoms in total. The van der Waals surface area contributed by atoms with Crippen LogP contribution >= 0.6 is 0 Å². The van der Waals surface area contributed by atoms with Gasteiger partial charge >= 0.3 is 0 Å². The number of hydrogen-bond donors (Lipinski definition) is 1. The highest BCUT2D eigenvalue weighted by atomic mass is 19.1. The number of anilines is 1. The fourth-order valence-corrected chi connectivity index (χ4v) is 2.64. The third kappa shape index (κ3) is 3.02. The molecule has 0 saturated carbocycles. The number of aryl methyl sites for hydroxylation is 1. The minimum atomic E-state index is -0.418. The molecule has 0 unspecified atom stereocenters. The van der Waals surface area contributed by atoms with Gasteiger partial charge in [0.05, 0.1) is 5.69 Å². The summed E-state index contributed by atoms with van der Waals surface area (Å²) in [6.45, 7) is 1.84. The maximum Gasteiger partial charge on any atom is 0.274 e. The molecule has 7 heteroatoms. The number of fused-ring (bicyclic) bond motifs is 1. The molecule has 4 rings (SSSR count). The van der Waals surface area contributed by atoms with Gasteiger partial charge in [-0.25, -0.2) is 13.9 Å². The van der Waals surface area contributed by atoms with Crippen LogP contribution in [-0.2, 0) is 0 Å². The fraction of sp³-hybridized carbons (Fsp3) is 0.0526. The number of carbonyl (C=O) groups excluding carboxylic acids is 1. The van der Waals surface area contributed by atoms with Crippen molar-refractivity contribution in [3.63, 3.8) is 0 Å². The van der Waals surface area contributed by atoms with E-state index < -0.39 is 11.7 Å². The average Bonchev–Trinajstić information content (AvgIpc) is 3.07. The summed E-state index contributed by atoms with van der Waals surface area (Å²) < 4.78 is 14.9. The second kappa shape index (κ2) is 6.36. The van der Waals surface area contributed by atoms with E-state index in [4.69, 9.17) is 0 Å². The number of amides is 1. The summed E-state index contributed by atoms with van der Waals surface area (Å²) in [5, 5.41) is 7.13. The van der Waals surface area contributed by atoms with E-state index >= 15 is 0 Å². The number of pyridine rings is 1. The third-order valence-electron chi connectivity index (χ3n) is 3.85. The number of nitrogens with zero attached hydrogens (tertiary/aromatic N) is 4. The maximum absolute atomic E-state index is 13.3. The summed E-state index contributed by atoms with van der Waals surface area (Å²) in [6.07, 6.45) is 1.69. The van der Waals surface area contributed by atoms with Crippen LogP contribution in [0.25, 0.3) is 17.0 Å². The van der Waals surface area contributed by atoms with Crippen LogP contribution in [0.3, 0.4) is 0 Å². The Kier molecular flexibility index (Phi) is 3.89. The van der Waals surface area contributed by atoms with Crippen molar-refractivity contribution in [1.82, 2.24) is 19.6 Å². The van der Waals surface area contributed by atoms with Crippen molar-refractivity contribution >= 4 is 17.2 Å². The molecule has 0 fully saturated rings. The Bertz CT molecular complexity index is 1110. The highest BCUT2D eigenvalue weighted by molar-refractivity contribution is 6.03. The lowest BCUT2D eigenvalue weighted by Crippen LogP contribution is -2.15. The van der Waals surface area contributed by atoms with Gasteiger partial charge in [-0.1, -0.05) is 12.1 Å². The Morgan fingerprint density at radius 3 is 2.73 bits per heavy atom. The average molecular weight is 347 g/mol. The van der Waals surface area contributed by atoms with Crippen molar-refractivity contribution in [2.75, 3.05) is 5.32 Å². The summed E-state index contributed by atoms with van der Waals surface area (Å²) in [5.74, 6) is -0.833. The number of nitrogens with one attached hydrogen (secondary N) is 1. The fourth-order valence-electron chi connectivity index (χ4n) is 2.64. The highest BCUT2D eigenvalue weighted by Crippen LogP contribution is 2.18. The van der Waals surface area contributed by atoms with Gasteiger partial charge in [-0.2, -0.15) is 5.10 Å². The molecule has 0 aliphatic heterocycles. The predicted molar refractivity (Wildman–Crippen MR) is 95.3 cm³/mol. The van der Waals surface area contributed by atoms with E-state index in [2.05, 4.69) is 20.4 Å². The number of carbonyl (C=O) groups is 1. The van der Waals surface area contributed by atoms with E-state index in [0.29, 0.717) is 17.0 Å². The zero-order valence-electron chi connectivity index (χ0n) is 13.8. The Hall–Kier alpha value is -3.61. The van der Waals surface area contributed by atoms with E-state index in [1.54, 1.807) is 28.9 Å². The maximum atomic E-state index is 13.3. The summed E-state index contributed by atoms with van der Waals surface area (Å²) in [6, 6.07) is 14.7. The first-order chi connectivity index (χ1) is 12.6. The SMILES string of the molecule is Cc1cc(C(=O)Nc2cccc(F)c2)nc2cc(-c3ccccn3)nn12. The Labute approximate surface area is 148 Å². The minimum Gasteiger partial charge on any atom is -0.321 e. The molecule has 1 amide bonds. The van der Waals surface area contributed by atoms with Gasteiger partial charge in [-0.05, 0) is 43.3 Å². The molecule has 0 bridgehead atoms. The van der Waals surface area contributed by atoms with Crippen LogP contribution in [0, 0.1) is 12.7 Å². The van der Waals surface area contributed by atoms with Gasteiger partial charge < -0.3 is 5.32 Å². The largest absolute Gasteiger partial charge is 0.321 e. The molecule has 3 aromatic heterocycles. The van der Waals surface area contributed by atoms with Gasteiger partial charge in [0.25, 0.3) is 5.91 Å². The molecule has 0 radical (unpaired) electrons. The highest BCUT2D eigenvalue weighted by Gasteiger charge is 2.14. The van der Waals surface area contributed by atoms with Crippen molar-refractivity contribution < 1.29 is 9.18 Å². The molecule has 0 saturated heterocycles. The predicted octanol–water partition coefficient (Wildman–Crippen LogP) is 3.49. The van der Waals surface area contributed by atoms with Gasteiger partial charge in [-0.3, -0.25) is 9.78 Å². The lowest BCUT2D eigenvalue weighted by Gasteiger charge is -2.06. The number of aromatic nitrogens is 4. The summed E-state index contributed by atoms with van der Waals surface area (Å²) in [7, 11) is 0. The van der Waals surface area contributed by atoms with Crippen LogP contribution in [0.5, 0.6) is 0 Å². The number of rotatable bonds is 3. The van der Waals surface area contributed by atoms with Crippen molar-refractivity contribution in [3.8, 4) is 11.4 Å². The molecule has 0 aliphatic carbocycles. The molecule has 4 aromatic rings. The van der Waals surface area contributed by atoms with E-state index in [0.717, 1.165) is 11.4 Å². The molecule has 0 spiro atoms. The van der Waals surface area contributed by atoms with Crippen LogP contribution in [-0.4, -0.2) is 25.5 Å². The van der Waals surface area contributed by atoms with Crippen molar-refractivity contribution in [3.05, 3.63) is 78.0 Å². The smallest absolute Gasteiger partial charge is 0.274 e. The van der Waals surface area contributed by atoms with Gasteiger partial charge in [0.15, 0.2) is 5.65 Å². The lowest BCUT2D eigenvalue weighted by molar-refractivity contribution is 0.102. The molecule has 1 N–H and O–H groups in total. The molecule has 128 valence electrons. The zero-order valence-corrected chi connectivity index (χ0v) is 13.8. The molecular weight excluding hydrogens is 333 g/mol. The van der Waals surface area contributed by atoms with Crippen LogP contribution < -0.4 is 5.32 Å². The van der Waals surface area contributed by atoms with Gasteiger partial charge in [0, 0.05) is 23.6 Å². The van der Waals surface area contributed by atoms with Gasteiger partial charge in [0.2, 0.25) is 0 Å². The van der Waals surface area contributed by atoms with E-state index in [1.165, 1.54) is 18.2 Å². The van der Waals surface area contributed by atoms with Crippen LogP contribution in [0.1, 0.15) is 16.2 Å². The van der Waals surface area contributed by atoms with Crippen LogP contribution in [0.15, 0.2) is 60.8 Å². The number of benzene rings is 1. The Morgan fingerprint density at radius 1 is 1.08 bits per heavy atom. The molecular formula is C19H14FN5O. The number of hydrogen-bond acceptors (Lipinski definition) is 4. The summed E-state index contributed by atoms with van der Waals surface area (Å²) >= 11 is 0. The Morgan fingerprint density at radius 2 is 1.96 bits per heavy atom. The van der Waals surface area contributed by atoms with Crippen LogP contribution in [0.4, 0.5) is 10.1 Å². The summed E-state index contributed by atoms with van der Waals surface area (Å²) in [4.78, 5) is 21.1. The minimum absolute atomic E-state index is 0.228. The Balaban J connectivity index is 1.69.